The summed E-state index contributed by atoms with van der Waals surface area (Å²) < 4.78 is 26.7. The first-order valence-electron chi connectivity index (χ1n) is 6.38. The van der Waals surface area contributed by atoms with Gasteiger partial charge in [-0.15, -0.1) is 0 Å². The van der Waals surface area contributed by atoms with Crippen LogP contribution in [0.15, 0.2) is 42.6 Å². The van der Waals surface area contributed by atoms with Crippen molar-refractivity contribution in [2.75, 3.05) is 11.4 Å². The van der Waals surface area contributed by atoms with Gasteiger partial charge in [-0.25, -0.2) is 13.8 Å². The van der Waals surface area contributed by atoms with Crippen LogP contribution >= 0.6 is 0 Å². The van der Waals surface area contributed by atoms with E-state index < -0.39 is 11.6 Å². The molecule has 1 atom stereocenters. The van der Waals surface area contributed by atoms with Gasteiger partial charge in [-0.3, -0.25) is 0 Å². The van der Waals surface area contributed by atoms with Crippen LogP contribution in [0, 0.1) is 11.6 Å². The summed E-state index contributed by atoms with van der Waals surface area (Å²) in [6.45, 7) is 0.861. The highest BCUT2D eigenvalue weighted by molar-refractivity contribution is 5.43. The van der Waals surface area contributed by atoms with Crippen molar-refractivity contribution in [3.63, 3.8) is 0 Å². The molecule has 1 aliphatic rings. The Morgan fingerprint density at radius 2 is 1.89 bits per heavy atom. The van der Waals surface area contributed by atoms with E-state index in [0.29, 0.717) is 5.56 Å². The van der Waals surface area contributed by atoms with Crippen LogP contribution in [0.2, 0.25) is 0 Å². The zero-order valence-corrected chi connectivity index (χ0v) is 10.4. The molecule has 0 aliphatic carbocycles. The average molecular weight is 260 g/mol. The molecule has 1 saturated heterocycles. The smallest absolute Gasteiger partial charge is 0.128 e. The molecule has 0 N–H and O–H groups in total. The van der Waals surface area contributed by atoms with Crippen LogP contribution in [0.1, 0.15) is 24.4 Å². The van der Waals surface area contributed by atoms with Crippen LogP contribution in [0.4, 0.5) is 14.6 Å². The molecule has 3 rings (SSSR count). The third-order valence-electron chi connectivity index (χ3n) is 3.47. The standard InChI is InChI=1S/C15H14F2N2/c16-12-8-11(9-13(17)10-12)14-4-3-7-19(14)15-5-1-2-6-18-15/h1-2,5-6,8-10,14H,3-4,7H2/t14-/m1/s1. The Morgan fingerprint density at radius 3 is 2.58 bits per heavy atom. The van der Waals surface area contributed by atoms with Gasteiger partial charge in [0, 0.05) is 18.8 Å². The molecule has 0 spiro atoms. The quantitative estimate of drug-likeness (QED) is 0.818. The van der Waals surface area contributed by atoms with Crippen LogP contribution in [0.5, 0.6) is 0 Å². The SMILES string of the molecule is Fc1cc(F)cc([C@H]2CCCN2c2ccccn2)c1. The molecule has 98 valence electrons. The molecule has 0 radical (unpaired) electrons. The van der Waals surface area contributed by atoms with E-state index in [0.717, 1.165) is 31.3 Å². The monoisotopic (exact) mass is 260 g/mol. The van der Waals surface area contributed by atoms with Crippen molar-refractivity contribution >= 4 is 5.82 Å². The van der Waals surface area contributed by atoms with Gasteiger partial charge in [-0.2, -0.15) is 0 Å². The molecule has 19 heavy (non-hydrogen) atoms. The fraction of sp³-hybridized carbons (Fsp3) is 0.267. The minimum absolute atomic E-state index is 0.0000926. The largest absolute Gasteiger partial charge is 0.350 e. The van der Waals surface area contributed by atoms with Crippen molar-refractivity contribution in [1.29, 1.82) is 0 Å². The Kier molecular flexibility index (Phi) is 3.15. The van der Waals surface area contributed by atoms with E-state index in [1.54, 1.807) is 6.20 Å². The summed E-state index contributed by atoms with van der Waals surface area (Å²) in [5.41, 5.74) is 0.681. The molecule has 0 saturated carbocycles. The summed E-state index contributed by atoms with van der Waals surface area (Å²) in [5.74, 6) is -0.194. The molecule has 1 aromatic carbocycles. The first-order chi connectivity index (χ1) is 9.24. The lowest BCUT2D eigenvalue weighted by Crippen LogP contribution is -2.23. The van der Waals surface area contributed by atoms with Gasteiger partial charge in [0.2, 0.25) is 0 Å². The van der Waals surface area contributed by atoms with Crippen molar-refractivity contribution in [2.24, 2.45) is 0 Å². The van der Waals surface area contributed by atoms with Crippen molar-refractivity contribution in [1.82, 2.24) is 4.98 Å². The number of nitrogens with zero attached hydrogens (tertiary/aromatic N) is 2. The first-order valence-corrected chi connectivity index (χ1v) is 6.38. The number of benzene rings is 1. The first kappa shape index (κ1) is 12.1. The van der Waals surface area contributed by atoms with E-state index in [2.05, 4.69) is 9.88 Å². The van der Waals surface area contributed by atoms with Crippen LogP contribution in [0.25, 0.3) is 0 Å². The minimum Gasteiger partial charge on any atom is -0.350 e. The third-order valence-corrected chi connectivity index (χ3v) is 3.47. The lowest BCUT2D eigenvalue weighted by atomic mass is 10.0. The molecule has 1 fully saturated rings. The van der Waals surface area contributed by atoms with Gasteiger partial charge in [0.05, 0.1) is 6.04 Å². The van der Waals surface area contributed by atoms with Crippen molar-refractivity contribution < 1.29 is 8.78 Å². The molecule has 2 heterocycles. The van der Waals surface area contributed by atoms with Gasteiger partial charge in [0.15, 0.2) is 0 Å². The molecule has 2 aromatic rings. The number of pyridine rings is 1. The summed E-state index contributed by atoms with van der Waals surface area (Å²) in [7, 11) is 0. The lowest BCUT2D eigenvalue weighted by molar-refractivity contribution is 0.572. The van der Waals surface area contributed by atoms with Gasteiger partial charge >= 0.3 is 0 Å². The number of anilines is 1. The van der Waals surface area contributed by atoms with Gasteiger partial charge in [-0.1, -0.05) is 6.07 Å². The maximum atomic E-state index is 13.3. The number of hydrogen-bond donors (Lipinski definition) is 0. The summed E-state index contributed by atoms with van der Waals surface area (Å²) in [5, 5.41) is 0. The summed E-state index contributed by atoms with van der Waals surface area (Å²) in [6.07, 6.45) is 3.62. The maximum Gasteiger partial charge on any atom is 0.128 e. The van der Waals surface area contributed by atoms with E-state index in [1.807, 2.05) is 18.2 Å². The normalized spacial score (nSPS) is 18.8. The van der Waals surface area contributed by atoms with Gasteiger partial charge in [-0.05, 0) is 42.7 Å². The number of rotatable bonds is 2. The lowest BCUT2D eigenvalue weighted by Gasteiger charge is -2.26. The highest BCUT2D eigenvalue weighted by Crippen LogP contribution is 2.35. The highest BCUT2D eigenvalue weighted by Gasteiger charge is 2.27. The Hall–Kier alpha value is -1.97. The van der Waals surface area contributed by atoms with Gasteiger partial charge < -0.3 is 4.90 Å². The minimum atomic E-state index is -0.525. The summed E-state index contributed by atoms with van der Waals surface area (Å²) >= 11 is 0. The Bertz CT molecular complexity index is 551. The fourth-order valence-corrected chi connectivity index (χ4v) is 2.68. The average Bonchev–Trinajstić information content (AvgIpc) is 2.88. The van der Waals surface area contributed by atoms with Crippen molar-refractivity contribution in [3.8, 4) is 0 Å². The van der Waals surface area contributed by atoms with Crippen LogP contribution in [-0.4, -0.2) is 11.5 Å². The Balaban J connectivity index is 1.95. The van der Waals surface area contributed by atoms with E-state index >= 15 is 0 Å². The fourth-order valence-electron chi connectivity index (χ4n) is 2.68. The molecule has 0 amide bonds. The van der Waals surface area contributed by atoms with E-state index in [-0.39, 0.29) is 6.04 Å². The molecular formula is C15H14F2N2. The molecular weight excluding hydrogens is 246 g/mol. The van der Waals surface area contributed by atoms with E-state index in [4.69, 9.17) is 0 Å². The predicted molar refractivity (Wildman–Crippen MR) is 69.9 cm³/mol. The van der Waals surface area contributed by atoms with Crippen molar-refractivity contribution in [2.45, 2.75) is 18.9 Å². The Labute approximate surface area is 110 Å². The highest BCUT2D eigenvalue weighted by atomic mass is 19.1. The molecule has 4 heteroatoms. The van der Waals surface area contributed by atoms with Gasteiger partial charge in [0.25, 0.3) is 0 Å². The zero-order chi connectivity index (χ0) is 13.2. The Morgan fingerprint density at radius 1 is 1.11 bits per heavy atom. The molecule has 2 nitrogen and oxygen atoms in total. The second kappa shape index (κ2) is 4.96. The van der Waals surface area contributed by atoms with E-state index in [9.17, 15) is 8.78 Å². The molecule has 1 aliphatic heterocycles. The van der Waals surface area contributed by atoms with Crippen molar-refractivity contribution in [3.05, 3.63) is 59.8 Å². The topological polar surface area (TPSA) is 16.1 Å². The van der Waals surface area contributed by atoms with Crippen LogP contribution < -0.4 is 4.90 Å². The molecule has 1 aromatic heterocycles. The second-order valence-electron chi connectivity index (χ2n) is 4.74. The number of halogens is 2. The van der Waals surface area contributed by atoms with E-state index in [1.165, 1.54) is 12.1 Å². The van der Waals surface area contributed by atoms with Crippen LogP contribution in [-0.2, 0) is 0 Å². The summed E-state index contributed by atoms with van der Waals surface area (Å²) in [4.78, 5) is 6.43. The van der Waals surface area contributed by atoms with Gasteiger partial charge in [0.1, 0.15) is 17.5 Å². The number of hydrogen-bond acceptors (Lipinski definition) is 2. The van der Waals surface area contributed by atoms with Crippen LogP contribution in [0.3, 0.4) is 0 Å². The predicted octanol–water partition coefficient (Wildman–Crippen LogP) is 3.70. The maximum absolute atomic E-state index is 13.3. The zero-order valence-electron chi connectivity index (χ0n) is 10.4. The molecule has 0 unspecified atom stereocenters. The molecule has 0 bridgehead atoms. The summed E-state index contributed by atoms with van der Waals surface area (Å²) in [6, 6.07) is 9.43. The second-order valence-corrected chi connectivity index (χ2v) is 4.74. The number of aromatic nitrogens is 1. The third kappa shape index (κ3) is 2.43.